The van der Waals surface area contributed by atoms with Crippen LogP contribution in [0.25, 0.3) is 5.69 Å². The summed E-state index contributed by atoms with van der Waals surface area (Å²) in [6.07, 6.45) is 0. The summed E-state index contributed by atoms with van der Waals surface area (Å²) >= 11 is 0. The number of aromatic nitrogens is 2. The monoisotopic (exact) mass is 445 g/mol. The molecule has 0 unspecified atom stereocenters. The number of nitrogens with one attached hydrogen (secondary N) is 1. The van der Waals surface area contributed by atoms with Crippen molar-refractivity contribution in [3.63, 3.8) is 0 Å². The number of ether oxygens (including phenoxy) is 2. The van der Waals surface area contributed by atoms with Crippen LogP contribution in [0.15, 0.2) is 89.7 Å². The molecular weight excluding hydrogens is 425 g/mol. The van der Waals surface area contributed by atoms with Crippen LogP contribution in [0.4, 0.5) is 10.1 Å². The number of carbonyl (C=O) groups excluding carboxylic acids is 1. The van der Waals surface area contributed by atoms with Crippen molar-refractivity contribution in [3.8, 4) is 17.3 Å². The van der Waals surface area contributed by atoms with E-state index < -0.39 is 11.7 Å². The van der Waals surface area contributed by atoms with E-state index in [4.69, 9.17) is 9.47 Å². The van der Waals surface area contributed by atoms with Crippen LogP contribution in [0.2, 0.25) is 0 Å². The number of halogens is 1. The van der Waals surface area contributed by atoms with E-state index in [9.17, 15) is 14.0 Å². The Morgan fingerprint density at radius 1 is 1.00 bits per heavy atom. The van der Waals surface area contributed by atoms with Gasteiger partial charge in [-0.15, -0.1) is 5.10 Å². The van der Waals surface area contributed by atoms with Gasteiger partial charge in [0.05, 0.1) is 12.8 Å². The topological polar surface area (TPSA) is 82.5 Å². The first kappa shape index (κ1) is 21.8. The van der Waals surface area contributed by atoms with E-state index in [0.717, 1.165) is 11.3 Å². The van der Waals surface area contributed by atoms with Crippen molar-refractivity contribution < 1.29 is 18.7 Å². The minimum Gasteiger partial charge on any atom is -0.497 e. The van der Waals surface area contributed by atoms with E-state index in [1.54, 1.807) is 37.4 Å². The van der Waals surface area contributed by atoms with Crippen LogP contribution in [0, 0.1) is 5.82 Å². The van der Waals surface area contributed by atoms with E-state index in [-0.39, 0.29) is 18.0 Å². The Morgan fingerprint density at radius 3 is 2.45 bits per heavy atom. The number of benzene rings is 3. The molecule has 4 rings (SSSR count). The number of carbonyl (C=O) groups is 1. The van der Waals surface area contributed by atoms with Crippen LogP contribution in [0.3, 0.4) is 0 Å². The lowest BCUT2D eigenvalue weighted by atomic mass is 10.2. The molecule has 3 aromatic carbocycles. The molecule has 0 aliphatic rings. The van der Waals surface area contributed by atoms with Gasteiger partial charge in [-0.05, 0) is 60.2 Å². The molecule has 0 saturated carbocycles. The molecule has 4 aromatic rings. The highest BCUT2D eigenvalue weighted by Gasteiger charge is 2.09. The molecule has 33 heavy (non-hydrogen) atoms. The SMILES string of the molecule is COc1ccc(COc2ccc(=O)n(-c3ccc(C(=O)Nc4cccc(F)c4)cc3)n2)cc1. The molecule has 1 heterocycles. The Labute approximate surface area is 189 Å². The first-order valence-electron chi connectivity index (χ1n) is 10.1. The fourth-order valence-corrected chi connectivity index (χ4v) is 3.06. The predicted octanol–water partition coefficient (Wildman–Crippen LogP) is 4.21. The molecule has 1 N–H and O–H groups in total. The van der Waals surface area contributed by atoms with Gasteiger partial charge in [0.25, 0.3) is 11.5 Å². The first-order chi connectivity index (χ1) is 16.0. The maximum absolute atomic E-state index is 13.3. The molecule has 8 heteroatoms. The van der Waals surface area contributed by atoms with Gasteiger partial charge < -0.3 is 14.8 Å². The first-order valence-corrected chi connectivity index (χ1v) is 10.1. The van der Waals surface area contributed by atoms with Gasteiger partial charge in [0.1, 0.15) is 18.2 Å². The number of amides is 1. The molecule has 7 nitrogen and oxygen atoms in total. The van der Waals surface area contributed by atoms with Crippen LogP contribution in [-0.4, -0.2) is 22.8 Å². The largest absolute Gasteiger partial charge is 0.497 e. The fraction of sp³-hybridized carbons (Fsp3) is 0.0800. The van der Waals surface area contributed by atoms with Crippen molar-refractivity contribution in [1.29, 1.82) is 0 Å². The van der Waals surface area contributed by atoms with Crippen molar-refractivity contribution in [1.82, 2.24) is 9.78 Å². The van der Waals surface area contributed by atoms with Gasteiger partial charge in [-0.25, -0.2) is 4.39 Å². The Hall–Kier alpha value is -4.46. The van der Waals surface area contributed by atoms with Gasteiger partial charge >= 0.3 is 0 Å². The third kappa shape index (κ3) is 5.43. The van der Waals surface area contributed by atoms with Crippen LogP contribution >= 0.6 is 0 Å². The Bertz CT molecular complexity index is 1320. The van der Waals surface area contributed by atoms with E-state index in [1.807, 2.05) is 24.3 Å². The molecule has 0 saturated heterocycles. The highest BCUT2D eigenvalue weighted by Crippen LogP contribution is 2.15. The molecular formula is C25H20FN3O4. The zero-order valence-electron chi connectivity index (χ0n) is 17.7. The number of hydrogen-bond acceptors (Lipinski definition) is 5. The average molecular weight is 445 g/mol. The number of hydrogen-bond donors (Lipinski definition) is 1. The Morgan fingerprint density at radius 2 is 1.76 bits per heavy atom. The number of nitrogens with zero attached hydrogens (tertiary/aromatic N) is 2. The molecule has 0 fully saturated rings. The maximum Gasteiger partial charge on any atom is 0.271 e. The van der Waals surface area contributed by atoms with Crippen LogP contribution in [0.5, 0.6) is 11.6 Å². The zero-order valence-corrected chi connectivity index (χ0v) is 17.7. The molecule has 0 radical (unpaired) electrons. The molecule has 0 atom stereocenters. The van der Waals surface area contributed by atoms with Crippen molar-refractivity contribution >= 4 is 11.6 Å². The smallest absolute Gasteiger partial charge is 0.271 e. The summed E-state index contributed by atoms with van der Waals surface area (Å²) in [6, 6.07) is 22.2. The van der Waals surface area contributed by atoms with Gasteiger partial charge in [0.2, 0.25) is 5.88 Å². The quantitative estimate of drug-likeness (QED) is 0.461. The Kier molecular flexibility index (Phi) is 6.45. The summed E-state index contributed by atoms with van der Waals surface area (Å²) in [5.74, 6) is 0.184. The van der Waals surface area contributed by atoms with Crippen molar-refractivity contribution in [2.45, 2.75) is 6.61 Å². The Balaban J connectivity index is 1.46. The summed E-state index contributed by atoms with van der Waals surface area (Å²) in [6.45, 7) is 0.272. The second-order valence-electron chi connectivity index (χ2n) is 7.07. The van der Waals surface area contributed by atoms with Crippen LogP contribution in [-0.2, 0) is 6.61 Å². The van der Waals surface area contributed by atoms with E-state index in [2.05, 4.69) is 10.4 Å². The molecule has 1 amide bonds. The number of rotatable bonds is 7. The lowest BCUT2D eigenvalue weighted by molar-refractivity contribution is 0.102. The van der Waals surface area contributed by atoms with Crippen molar-refractivity contribution in [3.05, 3.63) is 112 Å². The standard InChI is InChI=1S/C25H20FN3O4/c1-32-22-11-5-17(6-12-22)16-33-23-13-14-24(30)29(28-23)21-9-7-18(8-10-21)25(31)27-20-4-2-3-19(26)15-20/h2-15H,16H2,1H3,(H,27,31). The molecule has 1 aromatic heterocycles. The predicted molar refractivity (Wildman–Crippen MR) is 122 cm³/mol. The van der Waals surface area contributed by atoms with Crippen molar-refractivity contribution in [2.24, 2.45) is 0 Å². The minimum absolute atomic E-state index is 0.272. The second kappa shape index (κ2) is 9.78. The average Bonchev–Trinajstić information content (AvgIpc) is 2.84. The number of methoxy groups -OCH3 is 1. The molecule has 0 bridgehead atoms. The van der Waals surface area contributed by atoms with E-state index >= 15 is 0 Å². The molecule has 0 spiro atoms. The van der Waals surface area contributed by atoms with E-state index in [0.29, 0.717) is 16.9 Å². The lowest BCUT2D eigenvalue weighted by Gasteiger charge is -2.10. The summed E-state index contributed by atoms with van der Waals surface area (Å²) < 4.78 is 25.3. The molecule has 0 aliphatic heterocycles. The van der Waals surface area contributed by atoms with Crippen molar-refractivity contribution in [2.75, 3.05) is 12.4 Å². The maximum atomic E-state index is 13.3. The van der Waals surface area contributed by atoms with Gasteiger partial charge in [0, 0.05) is 23.4 Å². The van der Waals surface area contributed by atoms with Gasteiger partial charge in [-0.1, -0.05) is 18.2 Å². The third-order valence-corrected chi connectivity index (χ3v) is 4.78. The molecule has 166 valence electrons. The van der Waals surface area contributed by atoms with Gasteiger partial charge in [-0.3, -0.25) is 9.59 Å². The fourth-order valence-electron chi connectivity index (χ4n) is 3.06. The van der Waals surface area contributed by atoms with Gasteiger partial charge in [-0.2, -0.15) is 4.68 Å². The van der Waals surface area contributed by atoms with Crippen LogP contribution < -0.4 is 20.3 Å². The minimum atomic E-state index is -0.442. The summed E-state index contributed by atoms with van der Waals surface area (Å²) in [5.41, 5.74) is 1.75. The summed E-state index contributed by atoms with van der Waals surface area (Å²) in [4.78, 5) is 24.7. The zero-order chi connectivity index (χ0) is 23.2. The van der Waals surface area contributed by atoms with E-state index in [1.165, 1.54) is 35.0 Å². The summed E-state index contributed by atoms with van der Waals surface area (Å²) in [7, 11) is 1.60. The molecule has 0 aliphatic carbocycles. The lowest BCUT2D eigenvalue weighted by Crippen LogP contribution is -2.20. The van der Waals surface area contributed by atoms with Crippen LogP contribution in [0.1, 0.15) is 15.9 Å². The van der Waals surface area contributed by atoms with Gasteiger partial charge in [0.15, 0.2) is 0 Å². The highest BCUT2D eigenvalue weighted by atomic mass is 19.1. The summed E-state index contributed by atoms with van der Waals surface area (Å²) in [5, 5.41) is 6.89. The highest BCUT2D eigenvalue weighted by molar-refractivity contribution is 6.04. The number of anilines is 1. The third-order valence-electron chi connectivity index (χ3n) is 4.78. The normalized spacial score (nSPS) is 10.5. The second-order valence-corrected chi connectivity index (χ2v) is 7.07.